The van der Waals surface area contributed by atoms with Crippen LogP contribution in [0.2, 0.25) is 5.02 Å². The summed E-state index contributed by atoms with van der Waals surface area (Å²) in [6.07, 6.45) is -0.757. The lowest BCUT2D eigenvalue weighted by Gasteiger charge is -2.16. The molecule has 134 valence electrons. The smallest absolute Gasteiger partial charge is 0.265 e. The van der Waals surface area contributed by atoms with Crippen molar-refractivity contribution in [2.45, 2.75) is 17.9 Å². The summed E-state index contributed by atoms with van der Waals surface area (Å²) < 4.78 is 31.1. The fraction of sp³-hybridized carbons (Fsp3) is 0.235. The maximum absolute atomic E-state index is 12.3. The summed E-state index contributed by atoms with van der Waals surface area (Å²) in [5.74, 6) is 0.163. The topological polar surface area (TPSA) is 75.7 Å². The summed E-state index contributed by atoms with van der Waals surface area (Å²) in [5, 5.41) is 2.72. The van der Waals surface area contributed by atoms with Gasteiger partial charge < -0.3 is 10.1 Å². The Labute approximate surface area is 152 Å². The highest BCUT2D eigenvalue weighted by Crippen LogP contribution is 2.27. The van der Waals surface area contributed by atoms with Gasteiger partial charge >= 0.3 is 0 Å². The molecule has 25 heavy (non-hydrogen) atoms. The number of nitrogens with one attached hydrogen (secondary N) is 1. The van der Waals surface area contributed by atoms with Gasteiger partial charge in [0, 0.05) is 19.8 Å². The Morgan fingerprint density at radius 3 is 2.40 bits per heavy atom. The number of para-hydroxylation sites is 1. The molecule has 2 aromatic rings. The average Bonchev–Trinajstić information content (AvgIpc) is 2.57. The lowest BCUT2D eigenvalue weighted by atomic mass is 10.3. The van der Waals surface area contributed by atoms with Crippen LogP contribution in [0.4, 0.5) is 5.69 Å². The van der Waals surface area contributed by atoms with E-state index in [2.05, 4.69) is 5.32 Å². The number of carbonyl (C=O) groups excluding carboxylic acids is 1. The van der Waals surface area contributed by atoms with Crippen LogP contribution in [0, 0.1) is 0 Å². The molecule has 0 aliphatic rings. The molecule has 1 amide bonds. The number of nitrogens with zero attached hydrogens (tertiary/aromatic N) is 1. The number of rotatable bonds is 6. The van der Waals surface area contributed by atoms with Gasteiger partial charge in [0.05, 0.1) is 5.02 Å². The van der Waals surface area contributed by atoms with Crippen LogP contribution < -0.4 is 10.1 Å². The van der Waals surface area contributed by atoms with Gasteiger partial charge in [-0.25, -0.2) is 12.7 Å². The Kier molecular flexibility index (Phi) is 6.05. The Morgan fingerprint density at radius 1 is 1.16 bits per heavy atom. The van der Waals surface area contributed by atoms with Crippen LogP contribution in [0.3, 0.4) is 0 Å². The molecule has 1 unspecified atom stereocenters. The average molecular weight is 383 g/mol. The number of ether oxygens (including phenoxy) is 1. The zero-order valence-electron chi connectivity index (χ0n) is 14.1. The van der Waals surface area contributed by atoms with Crippen molar-refractivity contribution in [1.29, 1.82) is 0 Å². The number of amides is 1. The first-order valence-corrected chi connectivity index (χ1v) is 9.28. The van der Waals surface area contributed by atoms with Gasteiger partial charge in [0.25, 0.3) is 5.91 Å². The van der Waals surface area contributed by atoms with Gasteiger partial charge in [-0.2, -0.15) is 0 Å². The van der Waals surface area contributed by atoms with Crippen LogP contribution in [0.25, 0.3) is 0 Å². The van der Waals surface area contributed by atoms with Crippen molar-refractivity contribution in [3.63, 3.8) is 0 Å². The molecule has 0 aromatic heterocycles. The molecule has 1 N–H and O–H groups in total. The Morgan fingerprint density at radius 2 is 1.80 bits per heavy atom. The summed E-state index contributed by atoms with van der Waals surface area (Å²) in [6.45, 7) is 1.61. The van der Waals surface area contributed by atoms with Crippen molar-refractivity contribution in [2.24, 2.45) is 0 Å². The fourth-order valence-electron chi connectivity index (χ4n) is 1.98. The zero-order valence-corrected chi connectivity index (χ0v) is 15.6. The molecule has 0 heterocycles. The van der Waals surface area contributed by atoms with E-state index in [1.165, 1.54) is 32.3 Å². The molecule has 0 aliphatic carbocycles. The molecule has 0 fully saturated rings. The van der Waals surface area contributed by atoms with E-state index < -0.39 is 22.0 Å². The monoisotopic (exact) mass is 382 g/mol. The third kappa shape index (κ3) is 4.72. The highest BCUT2D eigenvalue weighted by molar-refractivity contribution is 7.89. The molecule has 6 nitrogen and oxygen atoms in total. The van der Waals surface area contributed by atoms with Crippen molar-refractivity contribution in [2.75, 3.05) is 19.4 Å². The Bertz CT molecular complexity index is 854. The number of sulfonamides is 1. The van der Waals surface area contributed by atoms with Crippen LogP contribution in [-0.2, 0) is 14.8 Å². The van der Waals surface area contributed by atoms with Gasteiger partial charge in [0.1, 0.15) is 10.6 Å². The first-order valence-electron chi connectivity index (χ1n) is 7.46. The normalized spacial score (nSPS) is 12.7. The van der Waals surface area contributed by atoms with Crippen molar-refractivity contribution in [3.05, 3.63) is 53.6 Å². The van der Waals surface area contributed by atoms with E-state index in [0.29, 0.717) is 11.4 Å². The minimum absolute atomic E-state index is 0.0754. The predicted octanol–water partition coefficient (Wildman–Crippen LogP) is 3.00. The molecule has 0 aliphatic heterocycles. The first-order chi connectivity index (χ1) is 11.7. The summed E-state index contributed by atoms with van der Waals surface area (Å²) in [6, 6.07) is 13.2. The first kappa shape index (κ1) is 19.2. The van der Waals surface area contributed by atoms with Crippen LogP contribution in [-0.4, -0.2) is 38.8 Å². The lowest BCUT2D eigenvalue weighted by Crippen LogP contribution is -2.30. The summed E-state index contributed by atoms with van der Waals surface area (Å²) >= 11 is 5.99. The molecule has 8 heteroatoms. The minimum atomic E-state index is -3.72. The third-order valence-corrected chi connectivity index (χ3v) is 5.68. The van der Waals surface area contributed by atoms with Gasteiger partial charge in [0.15, 0.2) is 6.10 Å². The van der Waals surface area contributed by atoms with Crippen molar-refractivity contribution >= 4 is 33.2 Å². The number of benzene rings is 2. The number of hydrogen-bond donors (Lipinski definition) is 1. The van der Waals surface area contributed by atoms with E-state index in [1.54, 1.807) is 31.2 Å². The summed E-state index contributed by atoms with van der Waals surface area (Å²) in [7, 11) is -0.897. The second-order valence-electron chi connectivity index (χ2n) is 5.50. The minimum Gasteiger partial charge on any atom is -0.481 e. The van der Waals surface area contributed by atoms with E-state index in [0.717, 1.165) is 4.31 Å². The number of anilines is 1. The largest absolute Gasteiger partial charge is 0.481 e. The van der Waals surface area contributed by atoms with Crippen LogP contribution >= 0.6 is 11.6 Å². The maximum Gasteiger partial charge on any atom is 0.265 e. The molecule has 0 saturated heterocycles. The van der Waals surface area contributed by atoms with E-state index in [1.807, 2.05) is 6.07 Å². The Balaban J connectivity index is 2.16. The number of halogens is 1. The van der Waals surface area contributed by atoms with Crippen LogP contribution in [0.1, 0.15) is 6.92 Å². The second kappa shape index (κ2) is 7.86. The molecular formula is C17H19ClN2O4S. The van der Waals surface area contributed by atoms with E-state index >= 15 is 0 Å². The van der Waals surface area contributed by atoms with Gasteiger partial charge in [0.2, 0.25) is 10.0 Å². The van der Waals surface area contributed by atoms with E-state index in [9.17, 15) is 13.2 Å². The number of carbonyl (C=O) groups is 1. The molecule has 0 spiro atoms. The van der Waals surface area contributed by atoms with Crippen LogP contribution in [0.15, 0.2) is 53.4 Å². The van der Waals surface area contributed by atoms with Gasteiger partial charge in [-0.3, -0.25) is 4.79 Å². The van der Waals surface area contributed by atoms with Crippen molar-refractivity contribution < 1.29 is 17.9 Å². The van der Waals surface area contributed by atoms with Crippen molar-refractivity contribution in [3.8, 4) is 5.75 Å². The SMILES string of the molecule is CC(Oc1ccccc1)C(=O)Nc1ccc(Cl)c(S(=O)(=O)N(C)C)c1. The summed E-state index contributed by atoms with van der Waals surface area (Å²) in [5.41, 5.74) is 0.318. The maximum atomic E-state index is 12.3. The quantitative estimate of drug-likeness (QED) is 0.833. The molecular weight excluding hydrogens is 364 g/mol. The highest BCUT2D eigenvalue weighted by atomic mass is 35.5. The van der Waals surface area contributed by atoms with Gasteiger partial charge in [-0.1, -0.05) is 29.8 Å². The number of hydrogen-bond acceptors (Lipinski definition) is 4. The highest BCUT2D eigenvalue weighted by Gasteiger charge is 2.22. The van der Waals surface area contributed by atoms with Gasteiger partial charge in [-0.15, -0.1) is 0 Å². The second-order valence-corrected chi connectivity index (χ2v) is 8.02. The molecule has 0 bridgehead atoms. The standard InChI is InChI=1S/C17H19ClN2O4S/c1-12(24-14-7-5-4-6-8-14)17(21)19-13-9-10-15(18)16(11-13)25(22,23)20(2)3/h4-12H,1-3H3,(H,19,21). The molecule has 0 radical (unpaired) electrons. The third-order valence-electron chi connectivity index (χ3n) is 3.38. The Hall–Kier alpha value is -2.09. The van der Waals surface area contributed by atoms with E-state index in [4.69, 9.17) is 16.3 Å². The lowest BCUT2D eigenvalue weighted by molar-refractivity contribution is -0.122. The molecule has 1 atom stereocenters. The zero-order chi connectivity index (χ0) is 18.6. The van der Waals surface area contributed by atoms with Gasteiger partial charge in [-0.05, 0) is 37.3 Å². The summed E-state index contributed by atoms with van der Waals surface area (Å²) in [4.78, 5) is 12.2. The predicted molar refractivity (Wildman–Crippen MR) is 97.5 cm³/mol. The van der Waals surface area contributed by atoms with E-state index in [-0.39, 0.29) is 9.92 Å². The molecule has 0 saturated carbocycles. The fourth-order valence-corrected chi connectivity index (χ4v) is 3.37. The molecule has 2 rings (SSSR count). The molecule has 2 aromatic carbocycles. The van der Waals surface area contributed by atoms with Crippen molar-refractivity contribution in [1.82, 2.24) is 4.31 Å². The van der Waals surface area contributed by atoms with Crippen LogP contribution in [0.5, 0.6) is 5.75 Å².